The van der Waals surface area contributed by atoms with Gasteiger partial charge in [-0.2, -0.15) is 11.8 Å². The molecule has 2 saturated heterocycles. The summed E-state index contributed by atoms with van der Waals surface area (Å²) >= 11 is 10.8. The van der Waals surface area contributed by atoms with Crippen LogP contribution in [0.1, 0.15) is 19.8 Å². The normalized spacial score (nSPS) is 17.6. The van der Waals surface area contributed by atoms with Crippen LogP contribution in [0.25, 0.3) is 0 Å². The van der Waals surface area contributed by atoms with Crippen molar-refractivity contribution in [1.29, 1.82) is 0 Å². The summed E-state index contributed by atoms with van der Waals surface area (Å²) in [5, 5.41) is 17.7. The maximum absolute atomic E-state index is 12.4. The van der Waals surface area contributed by atoms with E-state index in [1.165, 1.54) is 23.3 Å². The fraction of sp³-hybridized carbons (Fsp3) is 0.533. The predicted octanol–water partition coefficient (Wildman–Crippen LogP) is 5.76. The quantitative estimate of drug-likeness (QED) is 0.0679. The molecule has 2 aliphatic rings. The second-order valence-electron chi connectivity index (χ2n) is 9.87. The van der Waals surface area contributed by atoms with Crippen molar-refractivity contribution < 1.29 is 48.3 Å². The van der Waals surface area contributed by atoms with E-state index < -0.39 is 34.9 Å². The molecule has 0 saturated carbocycles. The molecule has 0 aromatic heterocycles. The smallest absolute Gasteiger partial charge is 0.332 e. The van der Waals surface area contributed by atoms with Crippen LogP contribution in [0, 0.1) is 0 Å². The Bertz CT molecular complexity index is 1200. The van der Waals surface area contributed by atoms with Gasteiger partial charge in [0.2, 0.25) is 0 Å². The number of aliphatic carboxylic acids is 2. The maximum atomic E-state index is 12.4. The van der Waals surface area contributed by atoms with E-state index in [-0.39, 0.29) is 13.2 Å². The Morgan fingerprint density at radius 2 is 1.43 bits per heavy atom. The molecule has 2 fully saturated rings. The molecule has 16 heteroatoms. The largest absolute Gasteiger partial charge is 0.490 e. The molecule has 2 aliphatic heterocycles. The van der Waals surface area contributed by atoms with Crippen LogP contribution in [0.4, 0.5) is 0 Å². The molecule has 1 aromatic rings. The lowest BCUT2D eigenvalue weighted by molar-refractivity contribution is -0.146. The summed E-state index contributed by atoms with van der Waals surface area (Å²) in [7, 11) is 0. The van der Waals surface area contributed by atoms with E-state index in [4.69, 9.17) is 29.2 Å². The van der Waals surface area contributed by atoms with E-state index in [2.05, 4.69) is 0 Å². The number of thioether (sulfide) groups is 6. The Balaban J connectivity index is 1.57. The van der Waals surface area contributed by atoms with Crippen molar-refractivity contribution in [3.05, 3.63) is 48.6 Å². The lowest BCUT2D eigenvalue weighted by Crippen LogP contribution is -2.35. The molecule has 0 amide bonds. The molecule has 10 nitrogen and oxygen atoms in total. The van der Waals surface area contributed by atoms with Crippen LogP contribution in [-0.4, -0.2) is 108 Å². The number of ether oxygens (including phenoxy) is 4. The first-order chi connectivity index (χ1) is 22.1. The molecular formula is C30H38O10S6. The fourth-order valence-electron chi connectivity index (χ4n) is 3.92. The van der Waals surface area contributed by atoms with Crippen molar-refractivity contribution >= 4 is 94.4 Å². The summed E-state index contributed by atoms with van der Waals surface area (Å²) in [4.78, 5) is 45.2. The van der Waals surface area contributed by atoms with Crippen LogP contribution < -0.4 is 9.47 Å². The number of carbonyl (C=O) groups excluding carboxylic acids is 2. The average molecular weight is 751 g/mol. The van der Waals surface area contributed by atoms with E-state index in [0.29, 0.717) is 26.4 Å². The molecule has 0 radical (unpaired) electrons. The number of hydrogen-bond acceptors (Lipinski definition) is 14. The molecule has 0 spiro atoms. The van der Waals surface area contributed by atoms with Crippen LogP contribution >= 0.6 is 70.6 Å². The van der Waals surface area contributed by atoms with E-state index in [0.717, 1.165) is 60.2 Å². The minimum Gasteiger partial charge on any atom is -0.490 e. The van der Waals surface area contributed by atoms with E-state index in [9.17, 15) is 19.2 Å². The summed E-state index contributed by atoms with van der Waals surface area (Å²) in [6.45, 7) is 1.79. The number of esters is 2. The van der Waals surface area contributed by atoms with Crippen LogP contribution in [0.15, 0.2) is 48.6 Å². The summed E-state index contributed by atoms with van der Waals surface area (Å²) in [5.41, 5.74) is 0. The number of rotatable bonds is 21. The van der Waals surface area contributed by atoms with Crippen molar-refractivity contribution in [2.75, 3.05) is 53.5 Å². The first-order valence-corrected chi connectivity index (χ1v) is 20.7. The first kappa shape index (κ1) is 38.7. The molecule has 0 aliphatic carbocycles. The summed E-state index contributed by atoms with van der Waals surface area (Å²) in [6, 6.07) is 6.89. The van der Waals surface area contributed by atoms with Gasteiger partial charge in [-0.3, -0.25) is 0 Å². The number of carboxylic acid groups (broad SMARTS) is 2. The number of hydrogen-bond donors (Lipinski definition) is 2. The van der Waals surface area contributed by atoms with Gasteiger partial charge in [-0.1, -0.05) is 6.07 Å². The van der Waals surface area contributed by atoms with Gasteiger partial charge in [-0.15, -0.1) is 58.8 Å². The Hall–Kier alpha value is -1.72. The maximum Gasteiger partial charge on any atom is 0.332 e. The highest BCUT2D eigenvalue weighted by Gasteiger charge is 2.31. The Kier molecular flexibility index (Phi) is 17.9. The van der Waals surface area contributed by atoms with Crippen LogP contribution in [0.3, 0.4) is 0 Å². The Morgan fingerprint density at radius 1 is 0.870 bits per heavy atom. The van der Waals surface area contributed by atoms with Gasteiger partial charge in [0.15, 0.2) is 4.93 Å². The molecule has 2 heterocycles. The predicted molar refractivity (Wildman–Crippen MR) is 192 cm³/mol. The zero-order chi connectivity index (χ0) is 33.2. The molecule has 2 atom stereocenters. The highest BCUT2D eigenvalue weighted by Crippen LogP contribution is 2.38. The van der Waals surface area contributed by atoms with Gasteiger partial charge in [-0.25, -0.2) is 19.2 Å². The van der Waals surface area contributed by atoms with Crippen LogP contribution in [0.2, 0.25) is 0 Å². The van der Waals surface area contributed by atoms with Crippen molar-refractivity contribution in [2.24, 2.45) is 0 Å². The van der Waals surface area contributed by atoms with Gasteiger partial charge in [-0.05, 0) is 43.4 Å². The lowest BCUT2D eigenvalue weighted by atomic mass is 10.3. The lowest BCUT2D eigenvalue weighted by Gasteiger charge is -2.29. The minimum absolute atomic E-state index is 0.00305. The second kappa shape index (κ2) is 21.3. The summed E-state index contributed by atoms with van der Waals surface area (Å²) in [6.07, 6.45) is 4.59. The van der Waals surface area contributed by atoms with Gasteiger partial charge >= 0.3 is 23.9 Å². The summed E-state index contributed by atoms with van der Waals surface area (Å²) in [5.74, 6) is 3.59. The molecule has 0 bridgehead atoms. The first-order valence-electron chi connectivity index (χ1n) is 14.4. The third-order valence-corrected chi connectivity index (χ3v) is 14.7. The van der Waals surface area contributed by atoms with Crippen molar-refractivity contribution in [3.8, 4) is 11.5 Å². The van der Waals surface area contributed by atoms with Gasteiger partial charge < -0.3 is 29.2 Å². The highest BCUT2D eigenvalue weighted by molar-refractivity contribution is 8.20. The average Bonchev–Trinajstić information content (AvgIpc) is 3.74. The minimum atomic E-state index is -1.25. The van der Waals surface area contributed by atoms with Gasteiger partial charge in [0, 0.05) is 59.1 Å². The zero-order valence-electron chi connectivity index (χ0n) is 25.2. The Labute approximate surface area is 294 Å². The third kappa shape index (κ3) is 16.4. The number of benzene rings is 1. The Morgan fingerprint density at radius 3 is 2.04 bits per heavy atom. The van der Waals surface area contributed by atoms with Crippen LogP contribution in [-0.2, 0) is 28.7 Å². The summed E-state index contributed by atoms with van der Waals surface area (Å²) < 4.78 is 24.2. The SMILES string of the molecule is CC(COc1cccc(OCC(CSCCC2SCCS2)OC(=O)C=CC(=O)O)c1)(OC(=O)C=CC(=O)O)SCCC1SCCS1. The molecule has 2 N–H and O–H groups in total. The standard InChI is InChI=1S/C30H38O10S6/c1-30(40-27(36)8-6-25(33)34,46-12-10-29-44-15-16-45-29)20-38-22-4-2-3-21(17-22)37-18-23(39-26(35)7-5-24(31)32)19-41-11-9-28-42-13-14-43-28/h2-8,17,23,28-29H,9-16,18-20H2,1H3,(H,31,32)(H,33,34). The highest BCUT2D eigenvalue weighted by atomic mass is 32.2. The molecular weight excluding hydrogens is 713 g/mol. The van der Waals surface area contributed by atoms with E-state index in [1.807, 2.05) is 47.0 Å². The molecule has 254 valence electrons. The van der Waals surface area contributed by atoms with Gasteiger partial charge in [0.25, 0.3) is 0 Å². The van der Waals surface area contributed by atoms with Crippen molar-refractivity contribution in [3.63, 3.8) is 0 Å². The second-order valence-corrected chi connectivity index (χ2v) is 18.4. The third-order valence-electron chi connectivity index (χ3n) is 6.01. The fourth-order valence-corrected chi connectivity index (χ4v) is 12.2. The monoisotopic (exact) mass is 750 g/mol. The van der Waals surface area contributed by atoms with Gasteiger partial charge in [0.05, 0.1) is 9.16 Å². The topological polar surface area (TPSA) is 146 Å². The molecule has 46 heavy (non-hydrogen) atoms. The van der Waals surface area contributed by atoms with E-state index >= 15 is 0 Å². The van der Waals surface area contributed by atoms with Crippen LogP contribution in [0.5, 0.6) is 11.5 Å². The zero-order valence-corrected chi connectivity index (χ0v) is 30.1. The van der Waals surface area contributed by atoms with Crippen molar-refractivity contribution in [2.45, 2.75) is 40.0 Å². The molecule has 3 rings (SSSR count). The van der Waals surface area contributed by atoms with Gasteiger partial charge in [0.1, 0.15) is 30.8 Å². The molecule has 2 unspecified atom stereocenters. The molecule has 1 aromatic carbocycles. The van der Waals surface area contributed by atoms with E-state index in [1.54, 1.807) is 43.0 Å². The number of carboxylic acids is 2. The number of carbonyl (C=O) groups is 4. The van der Waals surface area contributed by atoms with Crippen molar-refractivity contribution in [1.82, 2.24) is 0 Å².